The van der Waals surface area contributed by atoms with Crippen molar-refractivity contribution in [3.05, 3.63) is 60.4 Å². The average Bonchev–Trinajstić information content (AvgIpc) is 2.82. The van der Waals surface area contributed by atoms with E-state index in [4.69, 9.17) is 0 Å². The predicted octanol–water partition coefficient (Wildman–Crippen LogP) is 3.64. The largest absolute Gasteiger partial charge is 0.299 e. The first-order chi connectivity index (χ1) is 10.3. The summed E-state index contributed by atoms with van der Waals surface area (Å²) >= 11 is 3.97. The van der Waals surface area contributed by atoms with Gasteiger partial charge in [0, 0.05) is 17.2 Å². The predicted molar refractivity (Wildman–Crippen MR) is 87.9 cm³/mol. The van der Waals surface area contributed by atoms with Gasteiger partial charge in [-0.3, -0.25) is 9.20 Å². The summed E-state index contributed by atoms with van der Waals surface area (Å²) in [4.78, 5) is 16.1. The van der Waals surface area contributed by atoms with Crippen LogP contribution in [0.2, 0.25) is 0 Å². The van der Waals surface area contributed by atoms with Gasteiger partial charge in [0.05, 0.1) is 16.6 Å². The maximum absolute atomic E-state index is 11.6. The van der Waals surface area contributed by atoms with E-state index in [1.807, 2.05) is 54.9 Å². The van der Waals surface area contributed by atoms with Crippen molar-refractivity contribution in [1.29, 1.82) is 0 Å². The monoisotopic (exact) mass is 292 g/mol. The maximum Gasteiger partial charge on any atom is 0.190 e. The fraction of sp³-hybridized carbons (Fsp3) is 0.0588. The molecule has 4 aromatic rings. The minimum atomic E-state index is -0.130. The minimum Gasteiger partial charge on any atom is -0.299 e. The highest BCUT2D eigenvalue weighted by Crippen LogP contribution is 2.31. The highest BCUT2D eigenvalue weighted by molar-refractivity contribution is 7.96. The quantitative estimate of drug-likeness (QED) is 0.572. The van der Waals surface area contributed by atoms with Crippen molar-refractivity contribution in [2.75, 3.05) is 0 Å². The first-order valence-corrected chi connectivity index (χ1v) is 7.17. The Morgan fingerprint density at radius 1 is 1.05 bits per heavy atom. The Bertz CT molecular complexity index is 1000. The Balaban J connectivity index is 2.27. The van der Waals surface area contributed by atoms with Crippen LogP contribution in [0, 0.1) is 0 Å². The zero-order chi connectivity index (χ0) is 14.4. The zero-order valence-corrected chi connectivity index (χ0v) is 12.0. The van der Waals surface area contributed by atoms with Crippen LogP contribution in [0.4, 0.5) is 0 Å². The Morgan fingerprint density at radius 3 is 2.57 bits per heavy atom. The van der Waals surface area contributed by atoms with Gasteiger partial charge in [-0.1, -0.05) is 36.4 Å². The SMILES string of the molecule is O=C(S)Cc1c2ccccc2n2cnc3ccccc3c12. The Kier molecular flexibility index (Phi) is 2.72. The molecule has 0 bridgehead atoms. The lowest BCUT2D eigenvalue weighted by molar-refractivity contribution is -0.110. The molecule has 0 N–H and O–H groups in total. The van der Waals surface area contributed by atoms with E-state index in [0.29, 0.717) is 6.42 Å². The summed E-state index contributed by atoms with van der Waals surface area (Å²) in [5, 5.41) is 2.01. The molecule has 0 aliphatic heterocycles. The smallest absolute Gasteiger partial charge is 0.190 e. The summed E-state index contributed by atoms with van der Waals surface area (Å²) in [7, 11) is 0. The van der Waals surface area contributed by atoms with Crippen LogP contribution >= 0.6 is 12.6 Å². The lowest BCUT2D eigenvalue weighted by Gasteiger charge is -2.03. The second-order valence-electron chi connectivity index (χ2n) is 5.05. The van der Waals surface area contributed by atoms with Crippen LogP contribution in [0.15, 0.2) is 54.9 Å². The van der Waals surface area contributed by atoms with Gasteiger partial charge in [-0.15, -0.1) is 12.6 Å². The number of rotatable bonds is 2. The molecule has 0 atom stereocenters. The maximum atomic E-state index is 11.6. The van der Waals surface area contributed by atoms with Gasteiger partial charge in [-0.05, 0) is 17.7 Å². The second kappa shape index (κ2) is 4.60. The lowest BCUT2D eigenvalue weighted by atomic mass is 10.1. The molecule has 2 aromatic carbocycles. The van der Waals surface area contributed by atoms with Gasteiger partial charge in [0.1, 0.15) is 6.33 Å². The molecular formula is C17H12N2OS. The van der Waals surface area contributed by atoms with E-state index in [1.165, 1.54) is 0 Å². The minimum absolute atomic E-state index is 0.130. The fourth-order valence-corrected chi connectivity index (χ4v) is 3.14. The molecular weight excluding hydrogens is 280 g/mol. The van der Waals surface area contributed by atoms with Crippen molar-refractivity contribution in [3.8, 4) is 0 Å². The molecule has 0 aliphatic carbocycles. The highest BCUT2D eigenvalue weighted by atomic mass is 32.1. The lowest BCUT2D eigenvalue weighted by Crippen LogP contribution is -1.95. The molecule has 3 nitrogen and oxygen atoms in total. The number of nitrogens with zero attached hydrogens (tertiary/aromatic N) is 2. The number of fused-ring (bicyclic) bond motifs is 5. The van der Waals surface area contributed by atoms with Crippen LogP contribution in [-0.4, -0.2) is 14.5 Å². The first-order valence-electron chi connectivity index (χ1n) is 6.73. The van der Waals surface area contributed by atoms with Crippen molar-refractivity contribution >= 4 is 45.1 Å². The Morgan fingerprint density at radius 2 is 1.76 bits per heavy atom. The molecule has 0 saturated heterocycles. The third kappa shape index (κ3) is 1.83. The molecule has 0 spiro atoms. The van der Waals surface area contributed by atoms with Gasteiger partial charge < -0.3 is 0 Å². The van der Waals surface area contributed by atoms with Crippen LogP contribution < -0.4 is 0 Å². The summed E-state index contributed by atoms with van der Waals surface area (Å²) in [6, 6.07) is 16.1. The summed E-state index contributed by atoms with van der Waals surface area (Å²) in [5.41, 5.74) is 4.06. The van der Waals surface area contributed by atoms with Crippen LogP contribution in [-0.2, 0) is 11.2 Å². The van der Waals surface area contributed by atoms with Crippen LogP contribution in [0.25, 0.3) is 27.3 Å². The van der Waals surface area contributed by atoms with Crippen molar-refractivity contribution < 1.29 is 4.79 Å². The van der Waals surface area contributed by atoms with Crippen LogP contribution in [0.5, 0.6) is 0 Å². The number of carbonyl (C=O) groups is 1. The molecule has 0 fully saturated rings. The van der Waals surface area contributed by atoms with E-state index in [1.54, 1.807) is 0 Å². The molecule has 0 saturated carbocycles. The van der Waals surface area contributed by atoms with Crippen LogP contribution in [0.1, 0.15) is 5.56 Å². The summed E-state index contributed by atoms with van der Waals surface area (Å²) in [6.45, 7) is 0. The molecule has 2 aromatic heterocycles. The van der Waals surface area contributed by atoms with Gasteiger partial charge in [0.15, 0.2) is 5.12 Å². The van der Waals surface area contributed by atoms with Gasteiger partial charge in [-0.2, -0.15) is 0 Å². The number of para-hydroxylation sites is 2. The van der Waals surface area contributed by atoms with E-state index >= 15 is 0 Å². The molecule has 4 heteroatoms. The van der Waals surface area contributed by atoms with Gasteiger partial charge in [-0.25, -0.2) is 4.98 Å². The summed E-state index contributed by atoms with van der Waals surface area (Å²) < 4.78 is 2.06. The van der Waals surface area contributed by atoms with Crippen molar-refractivity contribution in [3.63, 3.8) is 0 Å². The normalized spacial score (nSPS) is 11.5. The fourth-order valence-electron chi connectivity index (χ4n) is 2.98. The molecule has 0 aliphatic rings. The molecule has 0 unspecified atom stereocenters. The third-order valence-corrected chi connectivity index (χ3v) is 3.97. The molecule has 4 rings (SSSR count). The standard InChI is InChI=1S/C17H12N2OS/c20-16(21)9-13-11-5-2-4-8-15(11)19-10-18-14-7-3-1-6-12(14)17(13)19/h1-8,10H,9H2,(H,20,21). The number of aromatic nitrogens is 2. The van der Waals surface area contributed by atoms with E-state index in [9.17, 15) is 4.79 Å². The number of hydrogen-bond acceptors (Lipinski definition) is 2. The molecule has 0 radical (unpaired) electrons. The third-order valence-electron chi connectivity index (χ3n) is 3.81. The highest BCUT2D eigenvalue weighted by Gasteiger charge is 2.15. The average molecular weight is 292 g/mol. The molecule has 2 heterocycles. The molecule has 21 heavy (non-hydrogen) atoms. The first kappa shape index (κ1) is 12.4. The summed E-state index contributed by atoms with van der Waals surface area (Å²) in [5.74, 6) is 0. The number of thiol groups is 1. The number of carbonyl (C=O) groups excluding carboxylic acids is 1. The van der Waals surface area contributed by atoms with Crippen molar-refractivity contribution in [1.82, 2.24) is 9.38 Å². The van der Waals surface area contributed by atoms with Crippen molar-refractivity contribution in [2.45, 2.75) is 6.42 Å². The van der Waals surface area contributed by atoms with Gasteiger partial charge >= 0.3 is 0 Å². The molecule has 0 amide bonds. The topological polar surface area (TPSA) is 34.4 Å². The Hall–Kier alpha value is -2.33. The zero-order valence-electron chi connectivity index (χ0n) is 11.2. The van der Waals surface area contributed by atoms with E-state index in [0.717, 1.165) is 32.9 Å². The van der Waals surface area contributed by atoms with E-state index < -0.39 is 0 Å². The number of benzene rings is 2. The van der Waals surface area contributed by atoms with Gasteiger partial charge in [0.25, 0.3) is 0 Å². The van der Waals surface area contributed by atoms with Crippen LogP contribution in [0.3, 0.4) is 0 Å². The summed E-state index contributed by atoms with van der Waals surface area (Å²) in [6.07, 6.45) is 2.14. The van der Waals surface area contributed by atoms with E-state index in [2.05, 4.69) is 22.0 Å². The Labute approximate surface area is 126 Å². The van der Waals surface area contributed by atoms with Crippen molar-refractivity contribution in [2.24, 2.45) is 0 Å². The molecule has 102 valence electrons. The second-order valence-corrected chi connectivity index (χ2v) is 5.55. The van der Waals surface area contributed by atoms with E-state index in [-0.39, 0.29) is 5.12 Å². The van der Waals surface area contributed by atoms with Gasteiger partial charge in [0.2, 0.25) is 0 Å². The number of hydrogen-bond donors (Lipinski definition) is 1.